The molecule has 1 heterocycles. The van der Waals surface area contributed by atoms with Crippen LogP contribution in [-0.4, -0.2) is 21.0 Å². The van der Waals surface area contributed by atoms with Crippen molar-refractivity contribution in [2.75, 3.05) is 0 Å². The van der Waals surface area contributed by atoms with Gasteiger partial charge < -0.3 is 5.11 Å². The molecule has 0 bridgehead atoms. The number of hydrogen-bond acceptors (Lipinski definition) is 2. The van der Waals surface area contributed by atoms with Gasteiger partial charge in [0, 0.05) is 12.6 Å². The highest BCUT2D eigenvalue weighted by atomic mass is 16.3. The second kappa shape index (κ2) is 6.08. The zero-order valence-electron chi connectivity index (χ0n) is 11.8. The van der Waals surface area contributed by atoms with Crippen LogP contribution in [0.3, 0.4) is 0 Å². The van der Waals surface area contributed by atoms with E-state index >= 15 is 0 Å². The monoisotopic (exact) mass is 262 g/mol. The molecule has 0 amide bonds. The Bertz CT molecular complexity index is 389. The number of aliphatic hydroxyl groups is 1. The molecule has 3 heteroatoms. The summed E-state index contributed by atoms with van der Waals surface area (Å²) in [5.74, 6) is 0.505. The van der Waals surface area contributed by atoms with Crippen molar-refractivity contribution in [2.45, 2.75) is 76.4 Å². The standard InChI is InChI=1S/C16H26N2O/c19-16(13-6-2-1-3-7-13)12-14-10-11-18(17-14)15-8-4-5-9-15/h10-11,13,15-16,19H,1-9,12H2. The lowest BCUT2D eigenvalue weighted by atomic mass is 9.84. The average molecular weight is 262 g/mol. The van der Waals surface area contributed by atoms with Crippen molar-refractivity contribution in [1.82, 2.24) is 9.78 Å². The summed E-state index contributed by atoms with van der Waals surface area (Å²) in [4.78, 5) is 0. The molecule has 2 aliphatic carbocycles. The van der Waals surface area contributed by atoms with Crippen molar-refractivity contribution in [1.29, 1.82) is 0 Å². The van der Waals surface area contributed by atoms with Crippen LogP contribution in [0.5, 0.6) is 0 Å². The zero-order chi connectivity index (χ0) is 13.1. The molecule has 1 N–H and O–H groups in total. The van der Waals surface area contributed by atoms with E-state index in [1.165, 1.54) is 57.8 Å². The van der Waals surface area contributed by atoms with Gasteiger partial charge >= 0.3 is 0 Å². The molecule has 3 nitrogen and oxygen atoms in total. The van der Waals surface area contributed by atoms with Crippen LogP contribution in [0, 0.1) is 5.92 Å². The van der Waals surface area contributed by atoms with Gasteiger partial charge in [-0.25, -0.2) is 0 Å². The maximum Gasteiger partial charge on any atom is 0.0650 e. The molecule has 3 rings (SSSR count). The highest BCUT2D eigenvalue weighted by Gasteiger charge is 2.23. The van der Waals surface area contributed by atoms with Gasteiger partial charge in [0.05, 0.1) is 17.8 Å². The van der Waals surface area contributed by atoms with Crippen molar-refractivity contribution >= 4 is 0 Å². The molecule has 0 aromatic carbocycles. The number of rotatable bonds is 4. The predicted octanol–water partition coefficient (Wildman–Crippen LogP) is 3.48. The first-order valence-corrected chi connectivity index (χ1v) is 8.05. The Hall–Kier alpha value is -0.830. The summed E-state index contributed by atoms with van der Waals surface area (Å²) >= 11 is 0. The van der Waals surface area contributed by atoms with Crippen LogP contribution >= 0.6 is 0 Å². The van der Waals surface area contributed by atoms with Gasteiger partial charge in [-0.05, 0) is 37.7 Å². The average Bonchev–Trinajstić information content (AvgIpc) is 3.10. The van der Waals surface area contributed by atoms with Crippen LogP contribution in [0.1, 0.15) is 69.5 Å². The quantitative estimate of drug-likeness (QED) is 0.902. The fraction of sp³-hybridized carbons (Fsp3) is 0.812. The van der Waals surface area contributed by atoms with Crippen molar-refractivity contribution in [3.8, 4) is 0 Å². The number of aliphatic hydroxyl groups excluding tert-OH is 1. The molecule has 1 unspecified atom stereocenters. The Kier molecular flexibility index (Phi) is 4.21. The molecule has 0 saturated heterocycles. The lowest BCUT2D eigenvalue weighted by Crippen LogP contribution is -2.25. The third-order valence-corrected chi connectivity index (χ3v) is 4.97. The summed E-state index contributed by atoms with van der Waals surface area (Å²) in [5, 5.41) is 15.0. The van der Waals surface area contributed by atoms with Gasteiger partial charge in [-0.15, -0.1) is 0 Å². The summed E-state index contributed by atoms with van der Waals surface area (Å²) in [7, 11) is 0. The molecule has 2 saturated carbocycles. The van der Waals surface area contributed by atoms with Crippen molar-refractivity contribution in [3.05, 3.63) is 18.0 Å². The van der Waals surface area contributed by atoms with Gasteiger partial charge in [0.1, 0.15) is 0 Å². The molecule has 1 aromatic rings. The summed E-state index contributed by atoms with van der Waals surface area (Å²) in [6.45, 7) is 0. The van der Waals surface area contributed by atoms with Gasteiger partial charge in [-0.2, -0.15) is 5.10 Å². The van der Waals surface area contributed by atoms with E-state index in [-0.39, 0.29) is 6.10 Å². The molecule has 0 spiro atoms. The minimum atomic E-state index is -0.188. The molecule has 2 aliphatic rings. The van der Waals surface area contributed by atoms with E-state index < -0.39 is 0 Å². The fourth-order valence-electron chi connectivity index (χ4n) is 3.76. The molecule has 0 aliphatic heterocycles. The van der Waals surface area contributed by atoms with E-state index in [9.17, 15) is 5.11 Å². The van der Waals surface area contributed by atoms with Crippen LogP contribution in [0.4, 0.5) is 0 Å². The van der Waals surface area contributed by atoms with E-state index in [2.05, 4.69) is 22.0 Å². The van der Waals surface area contributed by atoms with E-state index in [0.717, 1.165) is 12.1 Å². The van der Waals surface area contributed by atoms with Crippen LogP contribution in [0.15, 0.2) is 12.3 Å². The molecule has 1 aromatic heterocycles. The SMILES string of the molecule is OC(Cc1ccn(C2CCCC2)n1)C1CCCCC1. The third-order valence-electron chi connectivity index (χ3n) is 4.97. The normalized spacial score (nSPS) is 23.8. The Morgan fingerprint density at radius 2 is 1.79 bits per heavy atom. The van der Waals surface area contributed by atoms with Gasteiger partial charge in [-0.3, -0.25) is 4.68 Å². The fourth-order valence-corrected chi connectivity index (χ4v) is 3.76. The minimum absolute atomic E-state index is 0.188. The largest absolute Gasteiger partial charge is 0.392 e. The lowest BCUT2D eigenvalue weighted by Gasteiger charge is -2.26. The lowest BCUT2D eigenvalue weighted by molar-refractivity contribution is 0.0840. The highest BCUT2D eigenvalue weighted by Crippen LogP contribution is 2.30. The Labute approximate surface area is 116 Å². The van der Waals surface area contributed by atoms with E-state index in [1.54, 1.807) is 0 Å². The molecule has 106 valence electrons. The smallest absolute Gasteiger partial charge is 0.0650 e. The van der Waals surface area contributed by atoms with Gasteiger partial charge in [0.15, 0.2) is 0 Å². The Morgan fingerprint density at radius 1 is 1.11 bits per heavy atom. The first kappa shape index (κ1) is 13.2. The summed E-state index contributed by atoms with van der Waals surface area (Å²) < 4.78 is 2.13. The molecule has 2 fully saturated rings. The molecular weight excluding hydrogens is 236 g/mol. The summed E-state index contributed by atoms with van der Waals surface area (Å²) in [5.41, 5.74) is 1.07. The maximum atomic E-state index is 10.4. The van der Waals surface area contributed by atoms with Crippen molar-refractivity contribution in [3.63, 3.8) is 0 Å². The Balaban J connectivity index is 1.56. The summed E-state index contributed by atoms with van der Waals surface area (Å²) in [6, 6.07) is 2.71. The molecule has 0 radical (unpaired) electrons. The number of hydrogen-bond donors (Lipinski definition) is 1. The molecule has 1 atom stereocenters. The van der Waals surface area contributed by atoms with E-state index in [1.807, 2.05) is 0 Å². The maximum absolute atomic E-state index is 10.4. The van der Waals surface area contributed by atoms with Crippen LogP contribution in [0.25, 0.3) is 0 Å². The van der Waals surface area contributed by atoms with Crippen LogP contribution in [0.2, 0.25) is 0 Å². The topological polar surface area (TPSA) is 38.0 Å². The van der Waals surface area contributed by atoms with Gasteiger partial charge in [-0.1, -0.05) is 32.1 Å². The third kappa shape index (κ3) is 3.19. The van der Waals surface area contributed by atoms with E-state index in [4.69, 9.17) is 0 Å². The summed E-state index contributed by atoms with van der Waals surface area (Å²) in [6.07, 6.45) is 14.2. The first-order chi connectivity index (χ1) is 9.33. The number of nitrogens with zero attached hydrogens (tertiary/aromatic N) is 2. The van der Waals surface area contributed by atoms with Crippen LogP contribution < -0.4 is 0 Å². The molecular formula is C16H26N2O. The number of aromatic nitrogens is 2. The predicted molar refractivity (Wildman–Crippen MR) is 76.0 cm³/mol. The van der Waals surface area contributed by atoms with Gasteiger partial charge in [0.2, 0.25) is 0 Å². The first-order valence-electron chi connectivity index (χ1n) is 8.05. The van der Waals surface area contributed by atoms with Crippen molar-refractivity contribution in [2.24, 2.45) is 5.92 Å². The highest BCUT2D eigenvalue weighted by molar-refractivity contribution is 5.02. The van der Waals surface area contributed by atoms with E-state index in [0.29, 0.717) is 12.0 Å². The second-order valence-corrected chi connectivity index (χ2v) is 6.39. The zero-order valence-corrected chi connectivity index (χ0v) is 11.8. The second-order valence-electron chi connectivity index (χ2n) is 6.39. The Morgan fingerprint density at radius 3 is 2.53 bits per heavy atom. The molecule has 19 heavy (non-hydrogen) atoms. The van der Waals surface area contributed by atoms with Gasteiger partial charge in [0.25, 0.3) is 0 Å². The minimum Gasteiger partial charge on any atom is -0.392 e. The van der Waals surface area contributed by atoms with Crippen LogP contribution in [-0.2, 0) is 6.42 Å². The van der Waals surface area contributed by atoms with Crippen molar-refractivity contribution < 1.29 is 5.11 Å².